The van der Waals surface area contributed by atoms with Crippen LogP contribution in [0.1, 0.15) is 12.0 Å². The maximum absolute atomic E-state index is 11.7. The van der Waals surface area contributed by atoms with E-state index >= 15 is 0 Å². The van der Waals surface area contributed by atoms with Gasteiger partial charge in [0.25, 0.3) is 0 Å². The Labute approximate surface area is 106 Å². The van der Waals surface area contributed by atoms with Crippen molar-refractivity contribution in [2.75, 3.05) is 11.5 Å². The van der Waals surface area contributed by atoms with Gasteiger partial charge in [-0.1, -0.05) is 12.1 Å². The highest BCUT2D eigenvalue weighted by molar-refractivity contribution is 7.91. The summed E-state index contributed by atoms with van der Waals surface area (Å²) < 4.78 is 22.5. The van der Waals surface area contributed by atoms with Gasteiger partial charge in [-0.2, -0.15) is 0 Å². The summed E-state index contributed by atoms with van der Waals surface area (Å²) in [7, 11) is -3.02. The van der Waals surface area contributed by atoms with Crippen LogP contribution in [0.3, 0.4) is 0 Å². The summed E-state index contributed by atoms with van der Waals surface area (Å²) in [4.78, 5) is 11.7. The number of phenolic OH excluding ortho intramolecular Hbond substituents is 1. The van der Waals surface area contributed by atoms with Gasteiger partial charge in [0.05, 0.1) is 17.4 Å². The van der Waals surface area contributed by atoms with Gasteiger partial charge in [-0.3, -0.25) is 4.79 Å². The first kappa shape index (κ1) is 12.9. The SMILES string of the molecule is O=C(NCc1ccc(O)cc1)C1CCS(=O)(=O)C1. The van der Waals surface area contributed by atoms with Crippen LogP contribution in [0.15, 0.2) is 24.3 Å². The van der Waals surface area contributed by atoms with Gasteiger partial charge in [-0.15, -0.1) is 0 Å². The molecule has 1 unspecified atom stereocenters. The van der Waals surface area contributed by atoms with Crippen LogP contribution in [0.4, 0.5) is 0 Å². The lowest BCUT2D eigenvalue weighted by molar-refractivity contribution is -0.124. The summed E-state index contributed by atoms with van der Waals surface area (Å²) in [5.41, 5.74) is 0.863. The van der Waals surface area contributed by atoms with E-state index < -0.39 is 15.8 Å². The molecule has 1 heterocycles. The van der Waals surface area contributed by atoms with Crippen molar-refractivity contribution in [3.8, 4) is 5.75 Å². The molecule has 1 aliphatic heterocycles. The first-order chi connectivity index (χ1) is 8.46. The number of carbonyl (C=O) groups is 1. The molecule has 1 fully saturated rings. The zero-order valence-corrected chi connectivity index (χ0v) is 10.6. The van der Waals surface area contributed by atoms with E-state index in [9.17, 15) is 13.2 Å². The molecule has 0 radical (unpaired) electrons. The Hall–Kier alpha value is -1.56. The van der Waals surface area contributed by atoms with Crippen LogP contribution in [0.25, 0.3) is 0 Å². The van der Waals surface area contributed by atoms with Crippen LogP contribution < -0.4 is 5.32 Å². The lowest BCUT2D eigenvalue weighted by Gasteiger charge is -2.09. The third kappa shape index (κ3) is 3.22. The number of sulfone groups is 1. The molecule has 5 nitrogen and oxygen atoms in total. The minimum atomic E-state index is -3.02. The van der Waals surface area contributed by atoms with Gasteiger partial charge in [0.2, 0.25) is 5.91 Å². The molecule has 1 aromatic carbocycles. The van der Waals surface area contributed by atoms with Crippen molar-refractivity contribution >= 4 is 15.7 Å². The van der Waals surface area contributed by atoms with E-state index in [-0.39, 0.29) is 23.2 Å². The predicted molar refractivity (Wildman–Crippen MR) is 66.7 cm³/mol. The molecule has 2 rings (SSSR count). The highest BCUT2D eigenvalue weighted by Crippen LogP contribution is 2.18. The highest BCUT2D eigenvalue weighted by atomic mass is 32.2. The number of hydrogen-bond acceptors (Lipinski definition) is 4. The molecule has 1 saturated heterocycles. The third-order valence-electron chi connectivity index (χ3n) is 3.01. The molecule has 1 amide bonds. The largest absolute Gasteiger partial charge is 0.508 e. The van der Waals surface area contributed by atoms with Gasteiger partial charge in [-0.25, -0.2) is 8.42 Å². The van der Waals surface area contributed by atoms with Crippen molar-refractivity contribution < 1.29 is 18.3 Å². The summed E-state index contributed by atoms with van der Waals surface area (Å²) in [6.07, 6.45) is 0.406. The van der Waals surface area contributed by atoms with Gasteiger partial charge in [0.1, 0.15) is 5.75 Å². The lowest BCUT2D eigenvalue weighted by atomic mass is 10.1. The van der Waals surface area contributed by atoms with Crippen molar-refractivity contribution in [1.82, 2.24) is 5.32 Å². The number of nitrogens with one attached hydrogen (secondary N) is 1. The van der Waals surface area contributed by atoms with Crippen LogP contribution in [0, 0.1) is 5.92 Å². The van der Waals surface area contributed by atoms with Crippen LogP contribution in [-0.2, 0) is 21.2 Å². The molecule has 0 aromatic heterocycles. The zero-order chi connectivity index (χ0) is 13.2. The summed E-state index contributed by atoms with van der Waals surface area (Å²) in [5, 5.41) is 11.8. The first-order valence-electron chi connectivity index (χ1n) is 5.72. The Kier molecular flexibility index (Phi) is 3.56. The van der Waals surface area contributed by atoms with Crippen molar-refractivity contribution in [2.24, 2.45) is 5.92 Å². The van der Waals surface area contributed by atoms with E-state index in [0.717, 1.165) is 5.56 Å². The number of aromatic hydroxyl groups is 1. The molecule has 1 atom stereocenters. The van der Waals surface area contributed by atoms with Gasteiger partial charge in [-0.05, 0) is 24.1 Å². The molecule has 1 aliphatic rings. The van der Waals surface area contributed by atoms with Gasteiger partial charge < -0.3 is 10.4 Å². The van der Waals surface area contributed by atoms with Crippen LogP contribution in [-0.4, -0.2) is 30.9 Å². The first-order valence-corrected chi connectivity index (χ1v) is 7.54. The van der Waals surface area contributed by atoms with Crippen molar-refractivity contribution in [3.63, 3.8) is 0 Å². The van der Waals surface area contributed by atoms with E-state index in [1.165, 1.54) is 0 Å². The molecule has 18 heavy (non-hydrogen) atoms. The molecule has 6 heteroatoms. The number of benzene rings is 1. The molecule has 1 aromatic rings. The zero-order valence-electron chi connectivity index (χ0n) is 9.80. The minimum absolute atomic E-state index is 0.0472. The Bertz CT molecular complexity index is 536. The fourth-order valence-corrected chi connectivity index (χ4v) is 3.69. The second kappa shape index (κ2) is 4.97. The van der Waals surface area contributed by atoms with Crippen molar-refractivity contribution in [2.45, 2.75) is 13.0 Å². The molecule has 98 valence electrons. The van der Waals surface area contributed by atoms with Gasteiger partial charge in [0, 0.05) is 6.54 Å². The number of hydrogen-bond donors (Lipinski definition) is 2. The maximum Gasteiger partial charge on any atom is 0.224 e. The van der Waals surface area contributed by atoms with E-state index in [4.69, 9.17) is 5.11 Å². The second-order valence-electron chi connectivity index (χ2n) is 4.48. The fraction of sp³-hybridized carbons (Fsp3) is 0.417. The van der Waals surface area contributed by atoms with E-state index in [0.29, 0.717) is 13.0 Å². The van der Waals surface area contributed by atoms with Crippen LogP contribution in [0.2, 0.25) is 0 Å². The predicted octanol–water partition coefficient (Wildman–Crippen LogP) is 0.443. The molecule has 0 spiro atoms. The fourth-order valence-electron chi connectivity index (χ4n) is 1.95. The van der Waals surface area contributed by atoms with E-state index in [1.54, 1.807) is 24.3 Å². The standard InChI is InChI=1S/C12H15NO4S/c14-11-3-1-9(2-4-11)7-13-12(15)10-5-6-18(16,17)8-10/h1-4,10,14H,5-8H2,(H,13,15). The third-order valence-corrected chi connectivity index (χ3v) is 4.77. The normalized spacial score (nSPS) is 21.7. The maximum atomic E-state index is 11.7. The van der Waals surface area contributed by atoms with Crippen molar-refractivity contribution in [3.05, 3.63) is 29.8 Å². The Morgan fingerprint density at radius 1 is 1.33 bits per heavy atom. The smallest absolute Gasteiger partial charge is 0.224 e. The van der Waals surface area contributed by atoms with Crippen molar-refractivity contribution in [1.29, 1.82) is 0 Å². The number of amides is 1. The number of rotatable bonds is 3. The quantitative estimate of drug-likeness (QED) is 0.834. The van der Waals surface area contributed by atoms with E-state index in [2.05, 4.69) is 5.32 Å². The summed E-state index contributed by atoms with van der Waals surface area (Å²) in [6.45, 7) is 0.343. The van der Waals surface area contributed by atoms with Crippen LogP contribution >= 0.6 is 0 Å². The molecule has 0 saturated carbocycles. The Morgan fingerprint density at radius 2 is 2.00 bits per heavy atom. The monoisotopic (exact) mass is 269 g/mol. The summed E-state index contributed by atoms with van der Waals surface area (Å²) in [5.74, 6) is -0.415. The van der Waals surface area contributed by atoms with Crippen LogP contribution in [0.5, 0.6) is 5.75 Å². The van der Waals surface area contributed by atoms with Gasteiger partial charge in [0.15, 0.2) is 9.84 Å². The van der Waals surface area contributed by atoms with Gasteiger partial charge >= 0.3 is 0 Å². The Morgan fingerprint density at radius 3 is 2.56 bits per heavy atom. The molecule has 2 N–H and O–H groups in total. The Balaban J connectivity index is 1.87. The summed E-state index contributed by atoms with van der Waals surface area (Å²) >= 11 is 0. The topological polar surface area (TPSA) is 83.5 Å². The molecule has 0 aliphatic carbocycles. The lowest BCUT2D eigenvalue weighted by Crippen LogP contribution is -2.30. The second-order valence-corrected chi connectivity index (χ2v) is 6.71. The molecule has 0 bridgehead atoms. The molecular formula is C12H15NO4S. The number of carbonyl (C=O) groups excluding carboxylic acids is 1. The van der Waals surface area contributed by atoms with E-state index in [1.807, 2.05) is 0 Å². The number of phenols is 1. The molecular weight excluding hydrogens is 254 g/mol. The minimum Gasteiger partial charge on any atom is -0.508 e. The average Bonchev–Trinajstić information content (AvgIpc) is 2.69. The highest BCUT2D eigenvalue weighted by Gasteiger charge is 2.32. The summed E-state index contributed by atoms with van der Waals surface area (Å²) in [6, 6.07) is 6.51. The average molecular weight is 269 g/mol.